The summed E-state index contributed by atoms with van der Waals surface area (Å²) >= 11 is 0. The molecule has 2 N–H and O–H groups in total. The second kappa shape index (κ2) is 7.94. The molecule has 0 aromatic carbocycles. The van der Waals surface area contributed by atoms with E-state index in [0.717, 1.165) is 51.0 Å². The van der Waals surface area contributed by atoms with Gasteiger partial charge in [-0.15, -0.1) is 0 Å². The standard InChI is InChI=1S/C19H33N3O3/c1-3-21(12-18(23)24)17-10-14(11-17)20-19(25)22(16-8-9-16)15-6-4-13(2)5-7-15/h13-17H,3-12H2,1-2H3,(H,20,25)(H,23,24). The fourth-order valence-electron chi connectivity index (χ4n) is 4.43. The van der Waals surface area contributed by atoms with E-state index in [4.69, 9.17) is 5.11 Å². The maximum absolute atomic E-state index is 12.8. The number of hydrogen-bond donors (Lipinski definition) is 2. The Morgan fingerprint density at radius 2 is 1.56 bits per heavy atom. The van der Waals surface area contributed by atoms with E-state index in [2.05, 4.69) is 17.1 Å². The summed E-state index contributed by atoms with van der Waals surface area (Å²) in [6.07, 6.45) is 8.77. The Morgan fingerprint density at radius 3 is 2.04 bits per heavy atom. The first-order chi connectivity index (χ1) is 12.0. The minimum absolute atomic E-state index is 0.0935. The van der Waals surface area contributed by atoms with Crippen LogP contribution in [0.3, 0.4) is 0 Å². The number of carbonyl (C=O) groups excluding carboxylic acids is 1. The molecule has 6 nitrogen and oxygen atoms in total. The van der Waals surface area contributed by atoms with Crippen molar-refractivity contribution in [3.8, 4) is 0 Å². The number of hydrogen-bond acceptors (Lipinski definition) is 3. The van der Waals surface area contributed by atoms with Crippen molar-refractivity contribution in [3.05, 3.63) is 0 Å². The lowest BCUT2D eigenvalue weighted by Crippen LogP contribution is -2.58. The van der Waals surface area contributed by atoms with Crippen LogP contribution in [-0.4, -0.2) is 64.2 Å². The fourth-order valence-corrected chi connectivity index (χ4v) is 4.43. The van der Waals surface area contributed by atoms with Crippen LogP contribution in [0.15, 0.2) is 0 Å². The number of urea groups is 1. The minimum atomic E-state index is -0.777. The van der Waals surface area contributed by atoms with Gasteiger partial charge in [0.25, 0.3) is 0 Å². The monoisotopic (exact) mass is 351 g/mol. The van der Waals surface area contributed by atoms with Crippen LogP contribution in [-0.2, 0) is 4.79 Å². The van der Waals surface area contributed by atoms with Crippen molar-refractivity contribution >= 4 is 12.0 Å². The molecule has 0 spiro atoms. The largest absolute Gasteiger partial charge is 0.480 e. The smallest absolute Gasteiger partial charge is 0.318 e. The molecular formula is C19H33N3O3. The maximum atomic E-state index is 12.8. The van der Waals surface area contributed by atoms with Crippen molar-refractivity contribution in [2.24, 2.45) is 5.92 Å². The summed E-state index contributed by atoms with van der Waals surface area (Å²) in [5.41, 5.74) is 0. The van der Waals surface area contributed by atoms with Gasteiger partial charge in [-0.2, -0.15) is 0 Å². The van der Waals surface area contributed by atoms with Crippen LogP contribution in [0.4, 0.5) is 4.79 Å². The van der Waals surface area contributed by atoms with Crippen molar-refractivity contribution < 1.29 is 14.7 Å². The van der Waals surface area contributed by atoms with Gasteiger partial charge in [0.15, 0.2) is 0 Å². The van der Waals surface area contributed by atoms with Crippen LogP contribution in [0.5, 0.6) is 0 Å². The van der Waals surface area contributed by atoms with E-state index < -0.39 is 5.97 Å². The van der Waals surface area contributed by atoms with Crippen molar-refractivity contribution in [1.82, 2.24) is 15.1 Å². The molecule has 3 aliphatic carbocycles. The second-order valence-electron chi connectivity index (χ2n) is 8.28. The highest BCUT2D eigenvalue weighted by atomic mass is 16.4. The minimum Gasteiger partial charge on any atom is -0.480 e. The normalized spacial score (nSPS) is 32.1. The molecule has 3 fully saturated rings. The summed E-state index contributed by atoms with van der Waals surface area (Å²) in [4.78, 5) is 27.9. The molecule has 0 aromatic heterocycles. The third-order valence-corrected chi connectivity index (χ3v) is 6.26. The molecule has 0 saturated heterocycles. The number of amides is 2. The predicted octanol–water partition coefficient (Wildman–Crippen LogP) is 2.68. The summed E-state index contributed by atoms with van der Waals surface area (Å²) in [6.45, 7) is 5.14. The Balaban J connectivity index is 1.47. The number of aliphatic carboxylic acids is 1. The Labute approximate surface area is 150 Å². The number of nitrogens with zero attached hydrogens (tertiary/aromatic N) is 2. The van der Waals surface area contributed by atoms with E-state index in [1.54, 1.807) is 0 Å². The Morgan fingerprint density at radius 1 is 1.00 bits per heavy atom. The molecule has 0 aromatic rings. The zero-order valence-electron chi connectivity index (χ0n) is 15.6. The predicted molar refractivity (Wildman–Crippen MR) is 96.5 cm³/mol. The van der Waals surface area contributed by atoms with Crippen LogP contribution < -0.4 is 5.32 Å². The molecule has 2 amide bonds. The summed E-state index contributed by atoms with van der Waals surface area (Å²) in [5, 5.41) is 12.2. The van der Waals surface area contributed by atoms with E-state index >= 15 is 0 Å². The third kappa shape index (κ3) is 4.66. The summed E-state index contributed by atoms with van der Waals surface area (Å²) in [5.74, 6) is 0.0165. The maximum Gasteiger partial charge on any atom is 0.318 e. The molecule has 142 valence electrons. The number of carboxylic acids is 1. The van der Waals surface area contributed by atoms with Crippen LogP contribution in [0.2, 0.25) is 0 Å². The Kier molecular flexibility index (Phi) is 5.87. The Hall–Kier alpha value is -1.30. The second-order valence-corrected chi connectivity index (χ2v) is 8.28. The molecule has 3 aliphatic rings. The number of carboxylic acid groups (broad SMARTS) is 1. The number of likely N-dealkylation sites (N-methyl/N-ethyl adjacent to an activating group) is 1. The van der Waals surface area contributed by atoms with E-state index in [9.17, 15) is 9.59 Å². The molecular weight excluding hydrogens is 318 g/mol. The highest BCUT2D eigenvalue weighted by Gasteiger charge is 2.41. The summed E-state index contributed by atoms with van der Waals surface area (Å²) < 4.78 is 0. The van der Waals surface area contributed by atoms with E-state index in [-0.39, 0.29) is 24.7 Å². The van der Waals surface area contributed by atoms with Crippen LogP contribution in [0.25, 0.3) is 0 Å². The van der Waals surface area contributed by atoms with Gasteiger partial charge in [-0.1, -0.05) is 13.8 Å². The summed E-state index contributed by atoms with van der Waals surface area (Å²) in [6, 6.07) is 1.47. The first-order valence-electron chi connectivity index (χ1n) is 10.0. The molecule has 6 heteroatoms. The number of carbonyl (C=O) groups is 2. The average molecular weight is 351 g/mol. The quantitative estimate of drug-likeness (QED) is 0.740. The first kappa shape index (κ1) is 18.5. The zero-order chi connectivity index (χ0) is 18.0. The molecule has 0 unspecified atom stereocenters. The Bertz CT molecular complexity index is 480. The molecule has 0 atom stereocenters. The molecule has 3 rings (SSSR count). The van der Waals surface area contributed by atoms with Crippen LogP contribution >= 0.6 is 0 Å². The van der Waals surface area contributed by atoms with Gasteiger partial charge in [-0.05, 0) is 63.8 Å². The van der Waals surface area contributed by atoms with Gasteiger partial charge in [0, 0.05) is 24.2 Å². The van der Waals surface area contributed by atoms with Crippen molar-refractivity contribution in [2.75, 3.05) is 13.1 Å². The van der Waals surface area contributed by atoms with Gasteiger partial charge < -0.3 is 15.3 Å². The number of rotatable bonds is 7. The first-order valence-corrected chi connectivity index (χ1v) is 10.0. The highest BCUT2D eigenvalue weighted by Crippen LogP contribution is 2.35. The van der Waals surface area contributed by atoms with E-state index in [1.165, 1.54) is 12.8 Å². The van der Waals surface area contributed by atoms with Gasteiger partial charge in [-0.25, -0.2) is 4.79 Å². The van der Waals surface area contributed by atoms with Crippen molar-refractivity contribution in [3.63, 3.8) is 0 Å². The fraction of sp³-hybridized carbons (Fsp3) is 0.895. The lowest BCUT2D eigenvalue weighted by Gasteiger charge is -2.44. The number of nitrogens with one attached hydrogen (secondary N) is 1. The lowest BCUT2D eigenvalue weighted by atomic mass is 9.85. The molecule has 25 heavy (non-hydrogen) atoms. The zero-order valence-corrected chi connectivity index (χ0v) is 15.6. The van der Waals surface area contributed by atoms with Crippen molar-refractivity contribution in [2.45, 2.75) is 89.4 Å². The van der Waals surface area contributed by atoms with Crippen LogP contribution in [0, 0.1) is 5.92 Å². The molecule has 0 bridgehead atoms. The molecule has 0 heterocycles. The van der Waals surface area contributed by atoms with Crippen molar-refractivity contribution in [1.29, 1.82) is 0 Å². The van der Waals surface area contributed by atoms with Gasteiger partial charge in [0.1, 0.15) is 0 Å². The SMILES string of the molecule is CCN(CC(=O)O)C1CC(NC(=O)N(C2CCC(C)CC2)C2CC2)C1. The molecule has 0 radical (unpaired) electrons. The highest BCUT2D eigenvalue weighted by molar-refractivity contribution is 5.76. The van der Waals surface area contributed by atoms with Gasteiger partial charge in [-0.3, -0.25) is 9.69 Å². The third-order valence-electron chi connectivity index (χ3n) is 6.26. The topological polar surface area (TPSA) is 72.9 Å². The van der Waals surface area contributed by atoms with E-state index in [0.29, 0.717) is 12.1 Å². The molecule has 3 saturated carbocycles. The summed E-state index contributed by atoms with van der Waals surface area (Å²) in [7, 11) is 0. The lowest BCUT2D eigenvalue weighted by molar-refractivity contribution is -0.139. The van der Waals surface area contributed by atoms with Gasteiger partial charge >= 0.3 is 12.0 Å². The van der Waals surface area contributed by atoms with Crippen LogP contribution in [0.1, 0.15) is 65.2 Å². The van der Waals surface area contributed by atoms with E-state index in [1.807, 2.05) is 11.8 Å². The van der Waals surface area contributed by atoms with Gasteiger partial charge in [0.05, 0.1) is 6.54 Å². The average Bonchev–Trinajstić information content (AvgIpc) is 3.35. The molecule has 0 aliphatic heterocycles. The van der Waals surface area contributed by atoms with Gasteiger partial charge in [0.2, 0.25) is 0 Å².